The van der Waals surface area contributed by atoms with Crippen molar-refractivity contribution in [3.05, 3.63) is 11.6 Å². The lowest BCUT2D eigenvalue weighted by atomic mass is 9.47. The smallest absolute Gasteiger partial charge is 0.315 e. The molecule has 0 aliphatic heterocycles. The predicted octanol–water partition coefficient (Wildman–Crippen LogP) is 7.87. The van der Waals surface area contributed by atoms with Crippen molar-refractivity contribution in [1.29, 1.82) is 0 Å². The van der Waals surface area contributed by atoms with Crippen LogP contribution >= 0.6 is 12.6 Å². The fourth-order valence-corrected chi connectivity index (χ4v) is 9.05. The number of hydrogen-bond donors (Lipinski definition) is 1. The van der Waals surface area contributed by atoms with Gasteiger partial charge in [0.25, 0.3) is 0 Å². The second kappa shape index (κ2) is 9.67. The average molecular weight is 461 g/mol. The van der Waals surface area contributed by atoms with Crippen LogP contribution < -0.4 is 0 Å². The lowest BCUT2D eigenvalue weighted by molar-refractivity contribution is -0.148. The number of esters is 1. The Balaban J connectivity index is 1.45. The highest BCUT2D eigenvalue weighted by Gasteiger charge is 2.59. The van der Waals surface area contributed by atoms with E-state index in [1.165, 1.54) is 57.8 Å². The topological polar surface area (TPSA) is 26.3 Å². The summed E-state index contributed by atoms with van der Waals surface area (Å²) in [6, 6.07) is 0. The van der Waals surface area contributed by atoms with Crippen LogP contribution in [0.5, 0.6) is 0 Å². The molecule has 0 heterocycles. The van der Waals surface area contributed by atoms with E-state index in [0.29, 0.717) is 10.8 Å². The summed E-state index contributed by atoms with van der Waals surface area (Å²) < 4.78 is 5.69. The lowest BCUT2D eigenvalue weighted by Gasteiger charge is -2.58. The summed E-state index contributed by atoms with van der Waals surface area (Å²) in [6.07, 6.45) is 17.1. The summed E-state index contributed by atoms with van der Waals surface area (Å²) in [6.45, 7) is 12.5. The fraction of sp³-hybridized carbons (Fsp3) is 0.897. The van der Waals surface area contributed by atoms with E-state index in [2.05, 4.69) is 53.3 Å². The maximum atomic E-state index is 11.8. The number of thiol groups is 1. The zero-order valence-corrected chi connectivity index (χ0v) is 22.3. The van der Waals surface area contributed by atoms with E-state index < -0.39 is 0 Å². The number of rotatable bonds is 7. The first kappa shape index (κ1) is 24.7. The molecule has 0 aromatic carbocycles. The van der Waals surface area contributed by atoms with E-state index in [-0.39, 0.29) is 17.8 Å². The second-order valence-electron chi connectivity index (χ2n) is 12.8. The van der Waals surface area contributed by atoms with Crippen LogP contribution in [0.15, 0.2) is 11.6 Å². The van der Waals surface area contributed by atoms with Gasteiger partial charge in [0, 0.05) is 6.42 Å². The molecule has 3 saturated carbocycles. The molecule has 0 aromatic heterocycles. The van der Waals surface area contributed by atoms with Gasteiger partial charge in [0.05, 0.1) is 5.75 Å². The van der Waals surface area contributed by atoms with Crippen LogP contribution in [0.2, 0.25) is 0 Å². The third-order valence-corrected chi connectivity index (χ3v) is 10.9. The van der Waals surface area contributed by atoms with Gasteiger partial charge in [-0.05, 0) is 91.3 Å². The highest BCUT2D eigenvalue weighted by Crippen LogP contribution is 2.67. The summed E-state index contributed by atoms with van der Waals surface area (Å²) in [5, 5.41) is 0. The molecule has 0 bridgehead atoms. The summed E-state index contributed by atoms with van der Waals surface area (Å²) in [5.74, 6) is 5.28. The number of carbonyl (C=O) groups is 1. The van der Waals surface area contributed by atoms with Crippen molar-refractivity contribution in [2.24, 2.45) is 46.3 Å². The SMILES string of the molecule is CC(C)CCC[C@@H](C)[C@H]1CC[C@H]2[C@@H]3CC=C4C[C@@H](OC(=O)CS)CC[C@]4(C)[C@H]3CC[C@]12C. The molecule has 3 heteroatoms. The fourth-order valence-electron chi connectivity index (χ4n) is 8.98. The normalized spacial score (nSPS) is 42.0. The zero-order valence-electron chi connectivity index (χ0n) is 21.4. The van der Waals surface area contributed by atoms with E-state index >= 15 is 0 Å². The van der Waals surface area contributed by atoms with Gasteiger partial charge in [-0.1, -0.05) is 65.5 Å². The van der Waals surface area contributed by atoms with Crippen LogP contribution in [0, 0.1) is 46.3 Å². The zero-order chi connectivity index (χ0) is 23.1. The van der Waals surface area contributed by atoms with Gasteiger partial charge in [0.2, 0.25) is 0 Å². The third kappa shape index (κ3) is 4.46. The van der Waals surface area contributed by atoms with Gasteiger partial charge < -0.3 is 4.74 Å². The van der Waals surface area contributed by atoms with E-state index in [1.54, 1.807) is 5.57 Å². The van der Waals surface area contributed by atoms with E-state index in [4.69, 9.17) is 4.74 Å². The Morgan fingerprint density at radius 3 is 2.59 bits per heavy atom. The summed E-state index contributed by atoms with van der Waals surface area (Å²) >= 11 is 4.09. The number of fused-ring (bicyclic) bond motifs is 5. The molecule has 0 amide bonds. The van der Waals surface area contributed by atoms with Gasteiger partial charge in [-0.25, -0.2) is 0 Å². The minimum atomic E-state index is -0.163. The first-order valence-electron chi connectivity index (χ1n) is 13.7. The second-order valence-corrected chi connectivity index (χ2v) is 13.1. The van der Waals surface area contributed by atoms with Crippen LogP contribution in [0.25, 0.3) is 0 Å². The number of allylic oxidation sites excluding steroid dienone is 1. The standard InChI is InChI=1S/C29H48O2S/c1-19(2)7-6-8-20(3)24-11-12-25-23-10-9-21-17-22(31-27(30)18-32)13-15-28(21,4)26(23)14-16-29(24,25)5/h9,19-20,22-26,32H,6-8,10-18H2,1-5H3/t20-,22+,23+,24-,25+,26+,28+,29-/m1/s1. The summed E-state index contributed by atoms with van der Waals surface area (Å²) in [7, 11) is 0. The van der Waals surface area contributed by atoms with Crippen LogP contribution in [-0.4, -0.2) is 17.8 Å². The molecule has 0 spiro atoms. The molecular formula is C29H48O2S. The Labute approximate surface area is 203 Å². The van der Waals surface area contributed by atoms with Crippen molar-refractivity contribution in [3.8, 4) is 0 Å². The van der Waals surface area contributed by atoms with Gasteiger partial charge in [-0.3, -0.25) is 4.79 Å². The molecule has 0 aromatic rings. The van der Waals surface area contributed by atoms with Crippen molar-refractivity contribution in [3.63, 3.8) is 0 Å². The Hall–Kier alpha value is -0.440. The van der Waals surface area contributed by atoms with E-state index in [9.17, 15) is 4.79 Å². The van der Waals surface area contributed by atoms with Gasteiger partial charge in [-0.15, -0.1) is 0 Å². The van der Waals surface area contributed by atoms with Gasteiger partial charge in [0.1, 0.15) is 6.10 Å². The first-order chi connectivity index (χ1) is 15.2. The molecule has 0 unspecified atom stereocenters. The summed E-state index contributed by atoms with van der Waals surface area (Å²) in [5.41, 5.74) is 2.48. The molecule has 4 aliphatic carbocycles. The Kier molecular flexibility index (Phi) is 7.45. The Bertz CT molecular complexity index is 714. The van der Waals surface area contributed by atoms with Crippen molar-refractivity contribution >= 4 is 18.6 Å². The van der Waals surface area contributed by atoms with Crippen LogP contribution in [0.1, 0.15) is 105 Å². The molecule has 2 nitrogen and oxygen atoms in total. The lowest BCUT2D eigenvalue weighted by Crippen LogP contribution is -2.51. The third-order valence-electron chi connectivity index (χ3n) is 10.7. The molecule has 8 atom stereocenters. The van der Waals surface area contributed by atoms with Crippen molar-refractivity contribution in [2.45, 2.75) is 111 Å². The number of carbonyl (C=O) groups excluding carboxylic acids is 1. The molecule has 182 valence electrons. The molecule has 3 fully saturated rings. The highest BCUT2D eigenvalue weighted by molar-refractivity contribution is 7.81. The predicted molar refractivity (Wildman–Crippen MR) is 137 cm³/mol. The average Bonchev–Trinajstić information content (AvgIpc) is 3.11. The number of hydrogen-bond acceptors (Lipinski definition) is 3. The van der Waals surface area contributed by atoms with E-state index in [1.807, 2.05) is 0 Å². The maximum Gasteiger partial charge on any atom is 0.315 e. The van der Waals surface area contributed by atoms with Crippen molar-refractivity contribution < 1.29 is 9.53 Å². The minimum absolute atomic E-state index is 0.0712. The first-order valence-corrected chi connectivity index (χ1v) is 14.3. The van der Waals surface area contributed by atoms with Crippen molar-refractivity contribution in [1.82, 2.24) is 0 Å². The maximum absolute atomic E-state index is 11.8. The Morgan fingerprint density at radius 2 is 1.88 bits per heavy atom. The van der Waals surface area contributed by atoms with Crippen LogP contribution in [0.4, 0.5) is 0 Å². The molecular weight excluding hydrogens is 412 g/mol. The summed E-state index contributed by atoms with van der Waals surface area (Å²) in [4.78, 5) is 11.8. The van der Waals surface area contributed by atoms with Gasteiger partial charge in [0.15, 0.2) is 0 Å². The van der Waals surface area contributed by atoms with Gasteiger partial charge in [-0.2, -0.15) is 12.6 Å². The molecule has 0 radical (unpaired) electrons. The largest absolute Gasteiger partial charge is 0.461 e. The molecule has 0 N–H and O–H groups in total. The van der Waals surface area contributed by atoms with Gasteiger partial charge >= 0.3 is 5.97 Å². The van der Waals surface area contributed by atoms with E-state index in [0.717, 1.165) is 48.3 Å². The molecule has 32 heavy (non-hydrogen) atoms. The monoisotopic (exact) mass is 460 g/mol. The highest BCUT2D eigenvalue weighted by atomic mass is 32.1. The molecule has 0 saturated heterocycles. The molecule has 4 aliphatic rings. The van der Waals surface area contributed by atoms with Crippen LogP contribution in [-0.2, 0) is 9.53 Å². The minimum Gasteiger partial charge on any atom is -0.461 e. The quantitative estimate of drug-likeness (QED) is 0.238. The van der Waals surface area contributed by atoms with Crippen molar-refractivity contribution in [2.75, 3.05) is 5.75 Å². The van der Waals surface area contributed by atoms with Crippen LogP contribution in [0.3, 0.4) is 0 Å². The Morgan fingerprint density at radius 1 is 1.09 bits per heavy atom. The molecule has 4 rings (SSSR count). The number of ether oxygens (including phenoxy) is 1.